The minimum atomic E-state index is 0. The highest BCUT2D eigenvalue weighted by atomic mass is 127. The molecule has 1 saturated heterocycles. The van der Waals surface area contributed by atoms with Crippen molar-refractivity contribution in [2.24, 2.45) is 4.99 Å². The van der Waals surface area contributed by atoms with Crippen LogP contribution in [0.5, 0.6) is 11.5 Å². The molecule has 3 rings (SSSR count). The topological polar surface area (TPSA) is 62.2 Å². The second-order valence-electron chi connectivity index (χ2n) is 6.54. The first kappa shape index (κ1) is 23.6. The molecule has 0 radical (unpaired) electrons. The molecule has 2 heterocycles. The molecular weight excluding hydrogens is 493 g/mol. The number of hydrogen-bond donors (Lipinski definition) is 1. The van der Waals surface area contributed by atoms with Crippen LogP contribution in [0.2, 0.25) is 0 Å². The van der Waals surface area contributed by atoms with E-state index in [9.17, 15) is 0 Å². The minimum Gasteiger partial charge on any atom is -0.493 e. The lowest BCUT2D eigenvalue weighted by molar-refractivity contribution is 0.330. The summed E-state index contributed by atoms with van der Waals surface area (Å²) in [6.45, 7) is 4.42. The number of piperazine rings is 1. The lowest BCUT2D eigenvalue weighted by atomic mass is 10.2. The Morgan fingerprint density at radius 1 is 1.20 bits per heavy atom. The van der Waals surface area contributed by atoms with Crippen molar-refractivity contribution in [3.8, 4) is 23.8 Å². The molecule has 160 valence electrons. The highest BCUT2D eigenvalue weighted by Crippen LogP contribution is 2.28. The molecule has 1 aromatic heterocycles. The van der Waals surface area contributed by atoms with Gasteiger partial charge in [-0.1, -0.05) is 18.1 Å². The minimum absolute atomic E-state index is 0. The van der Waals surface area contributed by atoms with Gasteiger partial charge in [0.15, 0.2) is 17.5 Å². The van der Waals surface area contributed by atoms with Crippen molar-refractivity contribution >= 4 is 35.8 Å². The fourth-order valence-corrected chi connectivity index (χ4v) is 3.26. The van der Waals surface area contributed by atoms with Crippen LogP contribution in [0.25, 0.3) is 0 Å². The van der Waals surface area contributed by atoms with E-state index in [4.69, 9.17) is 15.9 Å². The van der Waals surface area contributed by atoms with Crippen molar-refractivity contribution in [1.82, 2.24) is 15.2 Å². The Morgan fingerprint density at radius 3 is 2.63 bits per heavy atom. The van der Waals surface area contributed by atoms with Crippen molar-refractivity contribution < 1.29 is 9.47 Å². The molecule has 0 saturated carbocycles. The molecule has 1 N–H and O–H groups in total. The van der Waals surface area contributed by atoms with Crippen LogP contribution in [0.4, 0.5) is 5.82 Å². The number of anilines is 1. The summed E-state index contributed by atoms with van der Waals surface area (Å²) < 4.78 is 10.9. The van der Waals surface area contributed by atoms with E-state index in [1.807, 2.05) is 49.6 Å². The van der Waals surface area contributed by atoms with Crippen LogP contribution >= 0.6 is 24.0 Å². The average Bonchev–Trinajstić information content (AvgIpc) is 2.79. The van der Waals surface area contributed by atoms with Crippen LogP contribution in [0.3, 0.4) is 0 Å². The van der Waals surface area contributed by atoms with Gasteiger partial charge >= 0.3 is 0 Å². The number of aromatic nitrogens is 1. The lowest BCUT2D eigenvalue weighted by Crippen LogP contribution is -2.52. The summed E-state index contributed by atoms with van der Waals surface area (Å²) in [5.41, 5.74) is 1.06. The van der Waals surface area contributed by atoms with Crippen molar-refractivity contribution in [2.75, 3.05) is 51.8 Å². The molecule has 1 aliphatic rings. The monoisotopic (exact) mass is 521 g/mol. The highest BCUT2D eigenvalue weighted by molar-refractivity contribution is 14.0. The number of aliphatic imine (C=N–C) groups is 1. The maximum atomic E-state index is 5.58. The summed E-state index contributed by atoms with van der Waals surface area (Å²) in [7, 11) is 3.42. The number of halogens is 1. The quantitative estimate of drug-likeness (QED) is 0.273. The molecule has 1 aromatic carbocycles. The predicted molar refractivity (Wildman–Crippen MR) is 131 cm³/mol. The van der Waals surface area contributed by atoms with Gasteiger partial charge in [-0.2, -0.15) is 0 Å². The van der Waals surface area contributed by atoms with E-state index in [1.165, 1.54) is 0 Å². The summed E-state index contributed by atoms with van der Waals surface area (Å²) in [6, 6.07) is 11.8. The van der Waals surface area contributed by atoms with E-state index in [0.717, 1.165) is 43.5 Å². The van der Waals surface area contributed by atoms with E-state index in [-0.39, 0.29) is 30.6 Å². The van der Waals surface area contributed by atoms with E-state index < -0.39 is 0 Å². The number of methoxy groups -OCH3 is 1. The fraction of sp³-hybridized carbons (Fsp3) is 0.364. The van der Waals surface area contributed by atoms with E-state index in [2.05, 4.69) is 31.0 Å². The Balaban J connectivity index is 0.00000320. The Morgan fingerprint density at radius 2 is 2.00 bits per heavy atom. The molecule has 0 unspecified atom stereocenters. The standard InChI is InChI=1S/C22H27N5O2.HI/c1-4-15-29-20-16-18(8-9-19(20)28-3)17-25-22(23-2)27-13-11-26(12-14-27)21-7-5-6-10-24-21;/h1,5-10,16H,11-15,17H2,2-3H3,(H,23,25);1H. The average molecular weight is 521 g/mol. The van der Waals surface area contributed by atoms with E-state index >= 15 is 0 Å². The zero-order valence-electron chi connectivity index (χ0n) is 17.4. The molecule has 30 heavy (non-hydrogen) atoms. The third-order valence-corrected chi connectivity index (χ3v) is 4.75. The van der Waals surface area contributed by atoms with Gasteiger partial charge in [0.25, 0.3) is 0 Å². The number of hydrogen-bond acceptors (Lipinski definition) is 5. The smallest absolute Gasteiger partial charge is 0.194 e. The first-order chi connectivity index (χ1) is 14.2. The summed E-state index contributed by atoms with van der Waals surface area (Å²) in [4.78, 5) is 13.4. The van der Waals surface area contributed by atoms with Crippen molar-refractivity contribution in [3.05, 3.63) is 48.2 Å². The maximum Gasteiger partial charge on any atom is 0.194 e. The SMILES string of the molecule is C#CCOc1cc(CNC(=NC)N2CCN(c3ccccn3)CC2)ccc1OC.I. The van der Waals surface area contributed by atoms with E-state index in [1.54, 1.807) is 7.11 Å². The van der Waals surface area contributed by atoms with Gasteiger partial charge in [0, 0.05) is 46.0 Å². The number of ether oxygens (including phenoxy) is 2. The second kappa shape index (κ2) is 12.1. The van der Waals surface area contributed by atoms with E-state index in [0.29, 0.717) is 18.0 Å². The maximum absolute atomic E-state index is 5.58. The lowest BCUT2D eigenvalue weighted by Gasteiger charge is -2.37. The van der Waals surface area contributed by atoms with Crippen LogP contribution < -0.4 is 19.7 Å². The molecule has 8 heteroatoms. The van der Waals surface area contributed by atoms with Gasteiger partial charge in [0.1, 0.15) is 12.4 Å². The Kier molecular flexibility index (Phi) is 9.54. The normalized spacial score (nSPS) is 13.8. The molecule has 7 nitrogen and oxygen atoms in total. The number of terminal acetylenes is 1. The molecule has 1 aliphatic heterocycles. The van der Waals surface area contributed by atoms with Gasteiger partial charge in [-0.25, -0.2) is 4.98 Å². The van der Waals surface area contributed by atoms with Crippen LogP contribution in [-0.2, 0) is 6.54 Å². The van der Waals surface area contributed by atoms with Crippen LogP contribution in [0, 0.1) is 12.3 Å². The van der Waals surface area contributed by atoms with Gasteiger partial charge < -0.3 is 24.6 Å². The van der Waals surface area contributed by atoms with Crippen LogP contribution in [-0.4, -0.2) is 62.8 Å². The second-order valence-corrected chi connectivity index (χ2v) is 6.54. The number of rotatable bonds is 6. The zero-order valence-corrected chi connectivity index (χ0v) is 19.7. The molecule has 0 atom stereocenters. The predicted octanol–water partition coefficient (Wildman–Crippen LogP) is 2.62. The molecule has 1 fully saturated rings. The first-order valence-electron chi connectivity index (χ1n) is 9.60. The summed E-state index contributed by atoms with van der Waals surface area (Å²) in [5.74, 6) is 5.69. The van der Waals surface area contributed by atoms with Gasteiger partial charge in [0.2, 0.25) is 0 Å². The van der Waals surface area contributed by atoms with Gasteiger partial charge in [-0.15, -0.1) is 30.4 Å². The third-order valence-electron chi connectivity index (χ3n) is 4.75. The fourth-order valence-electron chi connectivity index (χ4n) is 3.26. The zero-order chi connectivity index (χ0) is 20.5. The third kappa shape index (κ3) is 6.16. The molecule has 0 aliphatic carbocycles. The Labute approximate surface area is 195 Å². The Hall–Kier alpha value is -2.67. The van der Waals surface area contributed by atoms with Crippen molar-refractivity contribution in [2.45, 2.75) is 6.54 Å². The van der Waals surface area contributed by atoms with Gasteiger partial charge in [-0.3, -0.25) is 4.99 Å². The van der Waals surface area contributed by atoms with Crippen LogP contribution in [0.1, 0.15) is 5.56 Å². The molecule has 2 aromatic rings. The van der Waals surface area contributed by atoms with Gasteiger partial charge in [0.05, 0.1) is 7.11 Å². The Bertz CT molecular complexity index is 862. The molecular formula is C22H28IN5O2. The number of nitrogens with one attached hydrogen (secondary N) is 1. The highest BCUT2D eigenvalue weighted by Gasteiger charge is 2.20. The van der Waals surface area contributed by atoms with Crippen molar-refractivity contribution in [3.63, 3.8) is 0 Å². The largest absolute Gasteiger partial charge is 0.493 e. The molecule has 0 spiro atoms. The molecule has 0 amide bonds. The first-order valence-corrected chi connectivity index (χ1v) is 9.60. The van der Waals surface area contributed by atoms with Gasteiger partial charge in [-0.05, 0) is 29.8 Å². The summed E-state index contributed by atoms with van der Waals surface area (Å²) in [5, 5.41) is 3.44. The number of nitrogens with zero attached hydrogens (tertiary/aromatic N) is 4. The number of pyridine rings is 1. The summed E-state index contributed by atoms with van der Waals surface area (Å²) >= 11 is 0. The number of guanidine groups is 1. The summed E-state index contributed by atoms with van der Waals surface area (Å²) in [6.07, 6.45) is 7.13. The molecule has 0 bridgehead atoms. The van der Waals surface area contributed by atoms with Crippen molar-refractivity contribution in [1.29, 1.82) is 0 Å². The number of benzene rings is 1. The van der Waals surface area contributed by atoms with Crippen LogP contribution in [0.15, 0.2) is 47.6 Å².